The maximum absolute atomic E-state index is 13.6. The van der Waals surface area contributed by atoms with Crippen molar-refractivity contribution in [1.82, 2.24) is 15.0 Å². The van der Waals surface area contributed by atoms with Crippen molar-refractivity contribution in [2.75, 3.05) is 6.61 Å². The molecule has 0 unspecified atom stereocenters. The number of hydrogen-bond acceptors (Lipinski definition) is 4. The van der Waals surface area contributed by atoms with Crippen LogP contribution >= 0.6 is 0 Å². The van der Waals surface area contributed by atoms with Crippen molar-refractivity contribution < 1.29 is 13.5 Å². The molecule has 0 saturated carbocycles. The maximum Gasteiger partial charge on any atom is 0.221 e. The summed E-state index contributed by atoms with van der Waals surface area (Å²) in [6.45, 7) is 2.48. The molecule has 3 rings (SSSR count). The molecule has 0 N–H and O–H groups in total. The molecular weight excluding hydrogens is 324 g/mol. The van der Waals surface area contributed by atoms with Gasteiger partial charge in [-0.25, -0.2) is 23.7 Å². The van der Waals surface area contributed by atoms with Gasteiger partial charge in [-0.2, -0.15) is 0 Å². The van der Waals surface area contributed by atoms with Gasteiger partial charge in [-0.1, -0.05) is 13.0 Å². The monoisotopic (exact) mass is 341 g/mol. The molecule has 3 aromatic rings. The normalized spacial score (nSPS) is 10.7. The lowest BCUT2D eigenvalue weighted by Crippen LogP contribution is -2.01. The first-order valence-electron chi connectivity index (χ1n) is 7.98. The Morgan fingerprint density at radius 2 is 1.76 bits per heavy atom. The van der Waals surface area contributed by atoms with Crippen LogP contribution in [0.25, 0.3) is 11.1 Å². The predicted molar refractivity (Wildman–Crippen MR) is 90.2 cm³/mol. The minimum absolute atomic E-state index is 0.404. The molecule has 0 fully saturated rings. The molecule has 0 aliphatic rings. The number of aromatic nitrogens is 3. The van der Waals surface area contributed by atoms with Crippen LogP contribution in [0.1, 0.15) is 24.5 Å². The number of ether oxygens (including phenoxy) is 1. The van der Waals surface area contributed by atoms with E-state index in [1.165, 1.54) is 12.4 Å². The van der Waals surface area contributed by atoms with Crippen LogP contribution < -0.4 is 4.74 Å². The lowest BCUT2D eigenvalue weighted by molar-refractivity contribution is 0.306. The largest absolute Gasteiger partial charge is 0.477 e. The van der Waals surface area contributed by atoms with Crippen molar-refractivity contribution in [3.63, 3.8) is 0 Å². The average molecular weight is 341 g/mol. The van der Waals surface area contributed by atoms with Crippen LogP contribution in [0.2, 0.25) is 0 Å². The Kier molecular flexibility index (Phi) is 5.28. The van der Waals surface area contributed by atoms with E-state index in [0.717, 1.165) is 29.7 Å². The molecule has 6 heteroatoms. The quantitative estimate of drug-likeness (QED) is 0.674. The van der Waals surface area contributed by atoms with Crippen LogP contribution in [0.15, 0.2) is 49.2 Å². The van der Waals surface area contributed by atoms with E-state index < -0.39 is 11.6 Å². The predicted octanol–water partition coefficient (Wildman–Crippen LogP) is 4.20. The van der Waals surface area contributed by atoms with E-state index in [0.29, 0.717) is 30.0 Å². The standard InChI is InChI=1S/C19H17F2N3O/c1-2-5-25-19-16(15-3-4-17(20)18(21)8-15)7-13(11-24-19)6-14-9-22-12-23-10-14/h3-4,7-12H,2,5-6H2,1H3. The van der Waals surface area contributed by atoms with E-state index in [4.69, 9.17) is 4.74 Å². The van der Waals surface area contributed by atoms with Gasteiger partial charge in [0, 0.05) is 30.6 Å². The van der Waals surface area contributed by atoms with Gasteiger partial charge in [-0.3, -0.25) is 0 Å². The topological polar surface area (TPSA) is 47.9 Å². The summed E-state index contributed by atoms with van der Waals surface area (Å²) in [6.07, 6.45) is 8.04. The van der Waals surface area contributed by atoms with Crippen LogP contribution in [0.3, 0.4) is 0 Å². The van der Waals surface area contributed by atoms with E-state index in [1.807, 2.05) is 13.0 Å². The molecule has 1 aromatic carbocycles. The third-order valence-electron chi connectivity index (χ3n) is 3.60. The van der Waals surface area contributed by atoms with Crippen LogP contribution in [-0.4, -0.2) is 21.6 Å². The van der Waals surface area contributed by atoms with Crippen molar-refractivity contribution in [2.45, 2.75) is 19.8 Å². The minimum atomic E-state index is -0.902. The van der Waals surface area contributed by atoms with E-state index in [9.17, 15) is 8.78 Å². The molecule has 0 aliphatic carbocycles. The first-order valence-corrected chi connectivity index (χ1v) is 7.98. The van der Waals surface area contributed by atoms with E-state index in [2.05, 4.69) is 15.0 Å². The SMILES string of the molecule is CCCOc1ncc(Cc2cncnc2)cc1-c1ccc(F)c(F)c1. The Balaban J connectivity index is 1.99. The van der Waals surface area contributed by atoms with Gasteiger partial charge >= 0.3 is 0 Å². The van der Waals surface area contributed by atoms with Gasteiger partial charge in [0.1, 0.15) is 6.33 Å². The van der Waals surface area contributed by atoms with Gasteiger partial charge in [0.05, 0.1) is 6.61 Å². The molecule has 0 atom stereocenters. The maximum atomic E-state index is 13.6. The third-order valence-corrected chi connectivity index (χ3v) is 3.60. The van der Waals surface area contributed by atoms with Gasteiger partial charge < -0.3 is 4.74 Å². The highest BCUT2D eigenvalue weighted by Crippen LogP contribution is 2.30. The van der Waals surface area contributed by atoms with Crippen molar-refractivity contribution in [3.05, 3.63) is 71.9 Å². The number of hydrogen-bond donors (Lipinski definition) is 0. The lowest BCUT2D eigenvalue weighted by atomic mass is 10.0. The average Bonchev–Trinajstić information content (AvgIpc) is 2.64. The summed E-state index contributed by atoms with van der Waals surface area (Å²) in [5.74, 6) is -1.38. The summed E-state index contributed by atoms with van der Waals surface area (Å²) in [5, 5.41) is 0. The Morgan fingerprint density at radius 1 is 0.960 bits per heavy atom. The highest BCUT2D eigenvalue weighted by Gasteiger charge is 2.13. The Labute approximate surface area is 144 Å². The second-order valence-electron chi connectivity index (χ2n) is 5.60. The molecule has 128 valence electrons. The van der Waals surface area contributed by atoms with Gasteiger partial charge in [-0.05, 0) is 41.3 Å². The molecule has 4 nitrogen and oxygen atoms in total. The van der Waals surface area contributed by atoms with Crippen molar-refractivity contribution in [3.8, 4) is 17.0 Å². The van der Waals surface area contributed by atoms with Crippen LogP contribution in [0.4, 0.5) is 8.78 Å². The second kappa shape index (κ2) is 7.79. The first-order chi connectivity index (χ1) is 12.2. The third kappa shape index (κ3) is 4.15. The van der Waals surface area contributed by atoms with Crippen LogP contribution in [0.5, 0.6) is 5.88 Å². The molecule has 2 heterocycles. The molecule has 0 saturated heterocycles. The van der Waals surface area contributed by atoms with Gasteiger partial charge in [-0.15, -0.1) is 0 Å². The molecule has 0 bridgehead atoms. The molecule has 0 aliphatic heterocycles. The number of rotatable bonds is 6. The molecule has 0 spiro atoms. The highest BCUT2D eigenvalue weighted by molar-refractivity contribution is 5.69. The Morgan fingerprint density at radius 3 is 2.48 bits per heavy atom. The zero-order chi connectivity index (χ0) is 17.6. The molecule has 0 amide bonds. The van der Waals surface area contributed by atoms with Crippen LogP contribution in [0, 0.1) is 11.6 Å². The summed E-state index contributed by atoms with van der Waals surface area (Å²) in [7, 11) is 0. The fourth-order valence-corrected chi connectivity index (χ4v) is 2.43. The fourth-order valence-electron chi connectivity index (χ4n) is 2.43. The summed E-state index contributed by atoms with van der Waals surface area (Å²) in [5.41, 5.74) is 2.98. The number of benzene rings is 1. The van der Waals surface area contributed by atoms with Gasteiger partial charge in [0.25, 0.3) is 0 Å². The highest BCUT2D eigenvalue weighted by atomic mass is 19.2. The summed E-state index contributed by atoms with van der Waals surface area (Å²) in [4.78, 5) is 12.3. The van der Waals surface area contributed by atoms with E-state index in [-0.39, 0.29) is 0 Å². The van der Waals surface area contributed by atoms with E-state index >= 15 is 0 Å². The van der Waals surface area contributed by atoms with Crippen LogP contribution in [-0.2, 0) is 6.42 Å². The fraction of sp³-hybridized carbons (Fsp3) is 0.211. The summed E-state index contributed by atoms with van der Waals surface area (Å²) in [6, 6.07) is 5.65. The number of nitrogens with zero attached hydrogens (tertiary/aromatic N) is 3. The Bertz CT molecular complexity index is 857. The molecule has 2 aromatic heterocycles. The first kappa shape index (κ1) is 17.0. The molecular formula is C19H17F2N3O. The van der Waals surface area contributed by atoms with Gasteiger partial charge in [0.15, 0.2) is 11.6 Å². The number of halogens is 2. The molecule has 0 radical (unpaired) electrons. The van der Waals surface area contributed by atoms with Crippen molar-refractivity contribution in [2.24, 2.45) is 0 Å². The number of pyridine rings is 1. The zero-order valence-electron chi connectivity index (χ0n) is 13.7. The summed E-state index contributed by atoms with van der Waals surface area (Å²) < 4.78 is 32.6. The minimum Gasteiger partial charge on any atom is -0.477 e. The zero-order valence-corrected chi connectivity index (χ0v) is 13.7. The van der Waals surface area contributed by atoms with E-state index in [1.54, 1.807) is 18.6 Å². The smallest absolute Gasteiger partial charge is 0.221 e. The second-order valence-corrected chi connectivity index (χ2v) is 5.60. The van der Waals surface area contributed by atoms with Gasteiger partial charge in [0.2, 0.25) is 5.88 Å². The van der Waals surface area contributed by atoms with Crippen molar-refractivity contribution in [1.29, 1.82) is 0 Å². The molecule has 25 heavy (non-hydrogen) atoms. The van der Waals surface area contributed by atoms with Crippen molar-refractivity contribution >= 4 is 0 Å². The summed E-state index contributed by atoms with van der Waals surface area (Å²) >= 11 is 0. The Hall–Kier alpha value is -2.89. The lowest BCUT2D eigenvalue weighted by Gasteiger charge is -2.12.